The number of carbonyl (C=O) groups is 2. The molecule has 6 nitrogen and oxygen atoms in total. The first-order valence-corrected chi connectivity index (χ1v) is 9.55. The van der Waals surface area contributed by atoms with Gasteiger partial charge in [0.05, 0.1) is 12.7 Å². The number of nitrogens with zero attached hydrogens (tertiary/aromatic N) is 2. The summed E-state index contributed by atoms with van der Waals surface area (Å²) in [6, 6.07) is 9.96. The van der Waals surface area contributed by atoms with Crippen LogP contribution in [0.25, 0.3) is 11.1 Å². The standard InChI is InChI=1S/C20H21Cl2N3O3/c1-24-3-5-25(6-4-24)23-19(26)15-7-13(8-16(9-15)20(27)28-2)14-10-17(21)12-18(22)11-14/h7-12H,3-6H2,1-2H3,(H,23,26). The van der Waals surface area contributed by atoms with Crippen molar-refractivity contribution in [1.82, 2.24) is 15.3 Å². The number of nitrogens with one attached hydrogen (secondary N) is 1. The Hall–Kier alpha value is -2.12. The number of ether oxygens (including phenoxy) is 1. The number of rotatable bonds is 4. The van der Waals surface area contributed by atoms with E-state index in [4.69, 9.17) is 27.9 Å². The second-order valence-corrected chi connectivity index (χ2v) is 7.55. The van der Waals surface area contributed by atoms with Crippen LogP contribution in [0.1, 0.15) is 20.7 Å². The van der Waals surface area contributed by atoms with Crippen LogP contribution in [0.4, 0.5) is 0 Å². The van der Waals surface area contributed by atoms with Gasteiger partial charge in [0.2, 0.25) is 0 Å². The van der Waals surface area contributed by atoms with Crippen LogP contribution in [0.2, 0.25) is 10.0 Å². The van der Waals surface area contributed by atoms with Crippen LogP contribution in [-0.4, -0.2) is 62.1 Å². The van der Waals surface area contributed by atoms with Crippen molar-refractivity contribution >= 4 is 35.1 Å². The number of methoxy groups -OCH3 is 1. The average Bonchev–Trinajstić information content (AvgIpc) is 2.68. The molecule has 0 bridgehead atoms. The Kier molecular flexibility index (Phi) is 6.57. The van der Waals surface area contributed by atoms with Crippen molar-refractivity contribution in [2.24, 2.45) is 0 Å². The van der Waals surface area contributed by atoms with Crippen molar-refractivity contribution in [1.29, 1.82) is 0 Å². The van der Waals surface area contributed by atoms with Crippen molar-refractivity contribution in [2.45, 2.75) is 0 Å². The molecular weight excluding hydrogens is 401 g/mol. The van der Waals surface area contributed by atoms with Crippen LogP contribution < -0.4 is 5.43 Å². The molecule has 1 saturated heterocycles. The van der Waals surface area contributed by atoms with Crippen molar-refractivity contribution in [3.8, 4) is 11.1 Å². The number of hydrogen-bond donors (Lipinski definition) is 1. The maximum absolute atomic E-state index is 12.8. The summed E-state index contributed by atoms with van der Waals surface area (Å²) in [5.74, 6) is -0.812. The molecular formula is C20H21Cl2N3O3. The largest absolute Gasteiger partial charge is 0.465 e. The fourth-order valence-electron chi connectivity index (χ4n) is 3.01. The highest BCUT2D eigenvalue weighted by Crippen LogP contribution is 2.29. The van der Waals surface area contributed by atoms with Gasteiger partial charge in [-0.1, -0.05) is 23.2 Å². The number of benzene rings is 2. The molecule has 0 saturated carbocycles. The maximum Gasteiger partial charge on any atom is 0.337 e. The van der Waals surface area contributed by atoms with Crippen molar-refractivity contribution in [3.05, 3.63) is 57.6 Å². The lowest BCUT2D eigenvalue weighted by Gasteiger charge is -2.32. The van der Waals surface area contributed by atoms with Crippen LogP contribution in [-0.2, 0) is 4.74 Å². The summed E-state index contributed by atoms with van der Waals surface area (Å²) >= 11 is 12.2. The first-order chi connectivity index (χ1) is 13.4. The van der Waals surface area contributed by atoms with Gasteiger partial charge in [-0.3, -0.25) is 10.2 Å². The molecule has 1 aliphatic rings. The van der Waals surface area contributed by atoms with Gasteiger partial charge in [-0.2, -0.15) is 0 Å². The van der Waals surface area contributed by atoms with E-state index in [1.165, 1.54) is 13.2 Å². The number of halogens is 2. The Morgan fingerprint density at radius 2 is 1.46 bits per heavy atom. The highest BCUT2D eigenvalue weighted by molar-refractivity contribution is 6.35. The number of likely N-dealkylation sites (N-methyl/N-ethyl adjacent to an activating group) is 1. The summed E-state index contributed by atoms with van der Waals surface area (Å²) in [4.78, 5) is 27.1. The van der Waals surface area contributed by atoms with Crippen LogP contribution >= 0.6 is 23.2 Å². The van der Waals surface area contributed by atoms with E-state index in [9.17, 15) is 9.59 Å². The van der Waals surface area contributed by atoms with Gasteiger partial charge in [0.15, 0.2) is 0 Å². The molecule has 0 aliphatic carbocycles. The van der Waals surface area contributed by atoms with E-state index in [-0.39, 0.29) is 11.5 Å². The highest BCUT2D eigenvalue weighted by atomic mass is 35.5. The van der Waals surface area contributed by atoms with Crippen molar-refractivity contribution < 1.29 is 14.3 Å². The molecule has 3 rings (SSSR count). The molecule has 1 amide bonds. The predicted octanol–water partition coefficient (Wildman–Crippen LogP) is 3.34. The Balaban J connectivity index is 1.93. The third-order valence-electron chi connectivity index (χ3n) is 4.58. The third-order valence-corrected chi connectivity index (χ3v) is 5.01. The van der Waals surface area contributed by atoms with E-state index in [1.54, 1.807) is 30.3 Å². The van der Waals surface area contributed by atoms with Crippen LogP contribution in [0.15, 0.2) is 36.4 Å². The fourth-order valence-corrected chi connectivity index (χ4v) is 3.53. The number of piperazine rings is 1. The minimum atomic E-state index is -0.524. The van der Waals surface area contributed by atoms with Gasteiger partial charge in [0, 0.05) is 41.8 Å². The Labute approximate surface area is 173 Å². The van der Waals surface area contributed by atoms with Gasteiger partial charge in [-0.05, 0) is 54.6 Å². The lowest BCUT2D eigenvalue weighted by Crippen LogP contribution is -2.52. The molecule has 1 heterocycles. The van der Waals surface area contributed by atoms with E-state index < -0.39 is 5.97 Å². The molecule has 2 aromatic rings. The van der Waals surface area contributed by atoms with E-state index in [0.29, 0.717) is 26.7 Å². The predicted molar refractivity (Wildman–Crippen MR) is 110 cm³/mol. The molecule has 8 heteroatoms. The molecule has 0 unspecified atom stereocenters. The zero-order valence-corrected chi connectivity index (χ0v) is 17.2. The highest BCUT2D eigenvalue weighted by Gasteiger charge is 2.19. The van der Waals surface area contributed by atoms with E-state index >= 15 is 0 Å². The summed E-state index contributed by atoms with van der Waals surface area (Å²) in [5.41, 5.74) is 4.89. The Bertz CT molecular complexity index is 876. The molecule has 28 heavy (non-hydrogen) atoms. The lowest BCUT2D eigenvalue weighted by molar-refractivity contribution is 0.0600. The van der Waals surface area contributed by atoms with Gasteiger partial charge in [0.1, 0.15) is 0 Å². The number of amides is 1. The number of carbonyl (C=O) groups excluding carboxylic acids is 2. The molecule has 1 aliphatic heterocycles. The summed E-state index contributed by atoms with van der Waals surface area (Å²) in [5, 5.41) is 2.81. The molecule has 0 aromatic heterocycles. The average molecular weight is 422 g/mol. The normalized spacial score (nSPS) is 15.3. The Morgan fingerprint density at radius 1 is 0.893 bits per heavy atom. The van der Waals surface area contributed by atoms with E-state index in [0.717, 1.165) is 26.2 Å². The van der Waals surface area contributed by atoms with Crippen molar-refractivity contribution in [2.75, 3.05) is 40.3 Å². The minimum Gasteiger partial charge on any atom is -0.465 e. The fraction of sp³-hybridized carbons (Fsp3) is 0.300. The smallest absolute Gasteiger partial charge is 0.337 e. The van der Waals surface area contributed by atoms with Gasteiger partial charge in [0.25, 0.3) is 5.91 Å². The zero-order valence-electron chi connectivity index (χ0n) is 15.7. The first-order valence-electron chi connectivity index (χ1n) is 8.80. The summed E-state index contributed by atoms with van der Waals surface area (Å²) in [6.45, 7) is 3.20. The SMILES string of the molecule is COC(=O)c1cc(C(=O)NN2CCN(C)CC2)cc(-c2cc(Cl)cc(Cl)c2)c1. The first kappa shape index (κ1) is 20.6. The van der Waals surface area contributed by atoms with Gasteiger partial charge >= 0.3 is 5.97 Å². The third kappa shape index (κ3) is 5.02. The molecule has 148 valence electrons. The molecule has 1 N–H and O–H groups in total. The molecule has 1 fully saturated rings. The van der Waals surface area contributed by atoms with Crippen LogP contribution in [0.3, 0.4) is 0 Å². The van der Waals surface area contributed by atoms with Crippen LogP contribution in [0, 0.1) is 0 Å². The molecule has 2 aromatic carbocycles. The summed E-state index contributed by atoms with van der Waals surface area (Å²) in [7, 11) is 3.34. The minimum absolute atomic E-state index is 0.277. The van der Waals surface area contributed by atoms with Crippen molar-refractivity contribution in [3.63, 3.8) is 0 Å². The Morgan fingerprint density at radius 3 is 2.07 bits per heavy atom. The number of esters is 1. The number of hydrazine groups is 1. The van der Waals surface area contributed by atoms with Crippen LogP contribution in [0.5, 0.6) is 0 Å². The van der Waals surface area contributed by atoms with E-state index in [1.807, 2.05) is 12.1 Å². The number of hydrogen-bond acceptors (Lipinski definition) is 5. The maximum atomic E-state index is 12.8. The monoisotopic (exact) mass is 421 g/mol. The zero-order chi connectivity index (χ0) is 20.3. The van der Waals surface area contributed by atoms with Gasteiger partial charge < -0.3 is 9.64 Å². The summed E-state index contributed by atoms with van der Waals surface area (Å²) < 4.78 is 4.83. The summed E-state index contributed by atoms with van der Waals surface area (Å²) in [6.07, 6.45) is 0. The van der Waals surface area contributed by atoms with Gasteiger partial charge in [-0.25, -0.2) is 9.80 Å². The molecule has 0 spiro atoms. The molecule has 0 radical (unpaired) electrons. The van der Waals surface area contributed by atoms with E-state index in [2.05, 4.69) is 10.3 Å². The second-order valence-electron chi connectivity index (χ2n) is 6.68. The molecule has 0 atom stereocenters. The lowest BCUT2D eigenvalue weighted by atomic mass is 9.99. The topological polar surface area (TPSA) is 61.9 Å². The van der Waals surface area contributed by atoms with Gasteiger partial charge in [-0.15, -0.1) is 0 Å². The quantitative estimate of drug-likeness (QED) is 0.766. The second kappa shape index (κ2) is 8.92.